The highest BCUT2D eigenvalue weighted by Gasteiger charge is 2.23. The Morgan fingerprint density at radius 1 is 1.06 bits per heavy atom. The zero-order valence-corrected chi connectivity index (χ0v) is 19.6. The number of ether oxygens (including phenoxy) is 1. The van der Waals surface area contributed by atoms with E-state index in [2.05, 4.69) is 10.6 Å². The normalized spacial score (nSPS) is 12.5. The van der Waals surface area contributed by atoms with Crippen LogP contribution in [0.5, 0.6) is 5.75 Å². The van der Waals surface area contributed by atoms with Crippen LogP contribution in [0.1, 0.15) is 33.2 Å². The number of anilines is 2. The molecule has 0 spiro atoms. The van der Waals surface area contributed by atoms with Gasteiger partial charge in [-0.1, -0.05) is 17.7 Å². The monoisotopic (exact) mass is 504 g/mol. The number of halogens is 3. The van der Waals surface area contributed by atoms with Crippen molar-refractivity contribution in [3.63, 3.8) is 0 Å². The zero-order chi connectivity index (χ0) is 25.8. The summed E-state index contributed by atoms with van der Waals surface area (Å²) in [6.45, 7) is 0.602. The van der Waals surface area contributed by atoms with E-state index in [1.165, 1.54) is 56.5 Å². The van der Waals surface area contributed by atoms with Crippen LogP contribution in [0.4, 0.5) is 20.2 Å². The number of nitrogens with one attached hydrogen (secondary N) is 2. The number of carbonyl (C=O) groups is 2. The molecule has 0 saturated heterocycles. The fourth-order valence-electron chi connectivity index (χ4n) is 3.14. The Morgan fingerprint density at radius 3 is 2.34 bits per heavy atom. The van der Waals surface area contributed by atoms with Crippen LogP contribution < -0.4 is 15.4 Å². The minimum Gasteiger partial charge on any atom is -0.496 e. The summed E-state index contributed by atoms with van der Waals surface area (Å²) in [4.78, 5) is 25.8. The van der Waals surface area contributed by atoms with E-state index < -0.39 is 35.5 Å². The molecule has 0 aromatic heterocycles. The lowest BCUT2D eigenvalue weighted by atomic mass is 9.99. The van der Waals surface area contributed by atoms with Crippen molar-refractivity contribution in [3.05, 3.63) is 87.9 Å². The van der Waals surface area contributed by atoms with Crippen LogP contribution >= 0.6 is 11.6 Å². The molecule has 1 atom stereocenters. The first-order chi connectivity index (χ1) is 16.6. The second-order valence-electron chi connectivity index (χ2n) is 8.00. The van der Waals surface area contributed by atoms with Crippen LogP contribution in [-0.2, 0) is 0 Å². The van der Waals surface area contributed by atoms with Gasteiger partial charge in [-0.2, -0.15) is 0 Å². The van der Waals surface area contributed by atoms with Crippen LogP contribution in [0, 0.1) is 11.6 Å². The highest BCUT2D eigenvalue weighted by atomic mass is 35.5. The van der Waals surface area contributed by atoms with Crippen molar-refractivity contribution in [3.8, 4) is 5.75 Å². The maximum atomic E-state index is 13.9. The number of hydrogen-bond acceptors (Lipinski definition) is 6. The Labute approximate surface area is 205 Å². The van der Waals surface area contributed by atoms with E-state index in [0.717, 1.165) is 12.1 Å². The molecule has 184 valence electrons. The van der Waals surface area contributed by atoms with E-state index in [4.69, 9.17) is 21.4 Å². The van der Waals surface area contributed by atoms with Crippen LogP contribution in [-0.4, -0.2) is 47.8 Å². The van der Waals surface area contributed by atoms with Crippen molar-refractivity contribution in [2.75, 3.05) is 25.6 Å². The molecular formula is C25H23ClF2N2O5. The van der Waals surface area contributed by atoms with Crippen molar-refractivity contribution in [1.29, 1.82) is 0 Å². The summed E-state index contributed by atoms with van der Waals surface area (Å²) in [5, 5.41) is 24.1. The van der Waals surface area contributed by atoms with Gasteiger partial charge < -0.3 is 25.6 Å². The molecule has 0 aliphatic carbocycles. The van der Waals surface area contributed by atoms with Gasteiger partial charge in [-0.15, -0.1) is 0 Å². The Balaban J connectivity index is 1.87. The van der Waals surface area contributed by atoms with Crippen molar-refractivity contribution >= 4 is 34.7 Å². The Hall–Kier alpha value is -3.53. The Morgan fingerprint density at radius 2 is 1.74 bits per heavy atom. The number of carbonyl (C=O) groups excluding carboxylic acids is 2. The number of benzene rings is 3. The summed E-state index contributed by atoms with van der Waals surface area (Å²) < 4.78 is 33.1. The van der Waals surface area contributed by atoms with Crippen molar-refractivity contribution in [1.82, 2.24) is 5.32 Å². The quantitative estimate of drug-likeness (QED) is 0.327. The molecule has 7 nitrogen and oxygen atoms in total. The molecule has 10 heteroatoms. The first-order valence-electron chi connectivity index (χ1n) is 10.4. The topological polar surface area (TPSA) is 108 Å². The van der Waals surface area contributed by atoms with Crippen molar-refractivity contribution in [2.45, 2.75) is 12.5 Å². The number of amides is 1. The predicted octanol–water partition coefficient (Wildman–Crippen LogP) is 4.07. The van der Waals surface area contributed by atoms with E-state index in [-0.39, 0.29) is 45.4 Å². The molecule has 1 amide bonds. The molecule has 0 aliphatic heterocycles. The number of ketones is 1. The molecule has 0 heterocycles. The number of para-hydroxylation sites is 1. The average molecular weight is 505 g/mol. The van der Waals surface area contributed by atoms with Crippen LogP contribution in [0.2, 0.25) is 5.02 Å². The summed E-state index contributed by atoms with van der Waals surface area (Å²) >= 11 is 6.31. The van der Waals surface area contributed by atoms with E-state index in [0.29, 0.717) is 0 Å². The van der Waals surface area contributed by atoms with Gasteiger partial charge in [0.2, 0.25) is 0 Å². The number of rotatable bonds is 9. The largest absolute Gasteiger partial charge is 0.496 e. The van der Waals surface area contributed by atoms with Gasteiger partial charge in [0.15, 0.2) is 5.78 Å². The van der Waals surface area contributed by atoms with Gasteiger partial charge in [0.25, 0.3) is 5.91 Å². The Kier molecular flexibility index (Phi) is 8.06. The standard InChI is InChI=1S/C25H23ClF2N2O5/c1-25(34,13-31)12-29-24(33)14-6-9-21(35-2)17(10-14)23(32)16-8-7-15(11-18(16)26)30-22-19(27)4-3-5-20(22)28/h3-11,30-31,34H,12-13H2,1-2H3,(H,29,33). The zero-order valence-electron chi connectivity index (χ0n) is 18.9. The van der Waals surface area contributed by atoms with Gasteiger partial charge in [0, 0.05) is 23.4 Å². The van der Waals surface area contributed by atoms with Gasteiger partial charge in [0.1, 0.15) is 28.7 Å². The van der Waals surface area contributed by atoms with Gasteiger partial charge in [0.05, 0.1) is 24.3 Å². The lowest BCUT2D eigenvalue weighted by Crippen LogP contribution is -2.43. The second-order valence-corrected chi connectivity index (χ2v) is 8.41. The molecule has 0 aliphatic rings. The molecule has 0 bridgehead atoms. The van der Waals surface area contributed by atoms with E-state index >= 15 is 0 Å². The maximum Gasteiger partial charge on any atom is 0.251 e. The lowest BCUT2D eigenvalue weighted by molar-refractivity contribution is 0.00320. The maximum absolute atomic E-state index is 13.9. The predicted molar refractivity (Wildman–Crippen MR) is 128 cm³/mol. The third-order valence-electron chi connectivity index (χ3n) is 5.12. The molecule has 0 fully saturated rings. The summed E-state index contributed by atoms with van der Waals surface area (Å²) in [6, 6.07) is 11.8. The summed E-state index contributed by atoms with van der Waals surface area (Å²) in [6.07, 6.45) is 0. The molecule has 3 rings (SSSR count). The first-order valence-corrected chi connectivity index (χ1v) is 10.8. The van der Waals surface area contributed by atoms with E-state index in [9.17, 15) is 23.5 Å². The van der Waals surface area contributed by atoms with Crippen molar-refractivity contribution in [2.24, 2.45) is 0 Å². The number of aliphatic hydroxyl groups excluding tert-OH is 1. The molecule has 3 aromatic rings. The third-order valence-corrected chi connectivity index (χ3v) is 5.44. The number of aliphatic hydroxyl groups is 2. The third kappa shape index (κ3) is 6.13. The average Bonchev–Trinajstić information content (AvgIpc) is 2.84. The van der Waals surface area contributed by atoms with E-state index in [1.807, 2.05) is 0 Å². The highest BCUT2D eigenvalue weighted by molar-refractivity contribution is 6.35. The molecular weight excluding hydrogens is 482 g/mol. The molecule has 0 saturated carbocycles. The summed E-state index contributed by atoms with van der Waals surface area (Å²) in [7, 11) is 1.36. The highest BCUT2D eigenvalue weighted by Crippen LogP contribution is 2.30. The first kappa shape index (κ1) is 26.1. The SMILES string of the molecule is COc1ccc(C(=O)NCC(C)(O)CO)cc1C(=O)c1ccc(Nc2c(F)cccc2F)cc1Cl. The number of hydrogen-bond donors (Lipinski definition) is 4. The van der Waals surface area contributed by atoms with Crippen LogP contribution in [0.25, 0.3) is 0 Å². The van der Waals surface area contributed by atoms with Crippen LogP contribution in [0.15, 0.2) is 54.6 Å². The molecule has 3 aromatic carbocycles. The van der Waals surface area contributed by atoms with Crippen LogP contribution in [0.3, 0.4) is 0 Å². The van der Waals surface area contributed by atoms with Crippen molar-refractivity contribution < 1.29 is 33.3 Å². The fourth-order valence-corrected chi connectivity index (χ4v) is 3.41. The molecule has 35 heavy (non-hydrogen) atoms. The van der Waals surface area contributed by atoms with Gasteiger partial charge in [-0.25, -0.2) is 8.78 Å². The Bertz CT molecular complexity index is 1250. The van der Waals surface area contributed by atoms with Gasteiger partial charge in [-0.3, -0.25) is 9.59 Å². The minimum atomic E-state index is -1.50. The number of methoxy groups -OCH3 is 1. The summed E-state index contributed by atoms with van der Waals surface area (Å²) in [5.41, 5.74) is -1.36. The molecule has 1 unspecified atom stereocenters. The molecule has 4 N–H and O–H groups in total. The summed E-state index contributed by atoms with van der Waals surface area (Å²) in [5.74, 6) is -2.51. The minimum absolute atomic E-state index is 0.00708. The lowest BCUT2D eigenvalue weighted by Gasteiger charge is -2.20. The van der Waals surface area contributed by atoms with E-state index in [1.54, 1.807) is 0 Å². The van der Waals surface area contributed by atoms with Gasteiger partial charge in [-0.05, 0) is 55.5 Å². The van der Waals surface area contributed by atoms with Gasteiger partial charge >= 0.3 is 0 Å². The second kappa shape index (κ2) is 10.8. The smallest absolute Gasteiger partial charge is 0.251 e. The fraction of sp³-hybridized carbons (Fsp3) is 0.200. The molecule has 0 radical (unpaired) electrons.